The van der Waals surface area contributed by atoms with E-state index in [9.17, 15) is 0 Å². The number of rotatable bonds is 2. The zero-order chi connectivity index (χ0) is 11.4. The summed E-state index contributed by atoms with van der Waals surface area (Å²) in [5.74, 6) is 0. The van der Waals surface area contributed by atoms with E-state index in [1.54, 1.807) is 0 Å². The predicted molar refractivity (Wildman–Crippen MR) is 62.7 cm³/mol. The minimum absolute atomic E-state index is 0.00472. The van der Waals surface area contributed by atoms with Gasteiger partial charge in [0.15, 0.2) is 0 Å². The van der Waals surface area contributed by atoms with Crippen LogP contribution in [0.3, 0.4) is 0 Å². The number of nitriles is 1. The van der Waals surface area contributed by atoms with Crippen LogP contribution in [0.5, 0.6) is 0 Å². The Hall–Kier alpha value is -1.49. The molecule has 0 saturated heterocycles. The Morgan fingerprint density at radius 3 is 2.75 bits per heavy atom. The molecule has 0 aromatic heterocycles. The van der Waals surface area contributed by atoms with Crippen molar-refractivity contribution in [3.63, 3.8) is 0 Å². The normalized spacial score (nSPS) is 29.4. The van der Waals surface area contributed by atoms with Crippen molar-refractivity contribution >= 4 is 0 Å². The van der Waals surface area contributed by atoms with Gasteiger partial charge in [0, 0.05) is 5.41 Å². The van der Waals surface area contributed by atoms with Gasteiger partial charge in [0.25, 0.3) is 6.26 Å². The second-order valence-electron chi connectivity index (χ2n) is 4.73. The first-order chi connectivity index (χ1) is 7.77. The quantitative estimate of drug-likeness (QED) is 0.708. The molecule has 2 atom stereocenters. The maximum Gasteiger partial charge on any atom is 0.286 e. The summed E-state index contributed by atoms with van der Waals surface area (Å²) in [4.78, 5) is 0. The average Bonchev–Trinajstić information content (AvgIpc) is 2.34. The summed E-state index contributed by atoms with van der Waals surface area (Å²) in [5.41, 5.74) is 1.28. The third kappa shape index (κ3) is 1.90. The summed E-state index contributed by atoms with van der Waals surface area (Å²) in [6, 6.07) is 10.4. The minimum Gasteiger partial charge on any atom is -0.423 e. The first kappa shape index (κ1) is 11.0. The molecule has 0 heterocycles. The molecule has 2 unspecified atom stereocenters. The van der Waals surface area contributed by atoms with Gasteiger partial charge < -0.3 is 4.74 Å². The van der Waals surface area contributed by atoms with Crippen LogP contribution in [-0.4, -0.2) is 6.10 Å². The molecule has 0 radical (unpaired) electrons. The second kappa shape index (κ2) is 4.57. The van der Waals surface area contributed by atoms with Gasteiger partial charge >= 0.3 is 0 Å². The zero-order valence-electron chi connectivity index (χ0n) is 9.65. The molecule has 1 aromatic rings. The molecular formula is C14H17NO. The third-order valence-electron chi connectivity index (χ3n) is 3.75. The van der Waals surface area contributed by atoms with Crippen LogP contribution < -0.4 is 0 Å². The highest BCUT2D eigenvalue weighted by atomic mass is 16.5. The van der Waals surface area contributed by atoms with Gasteiger partial charge in [-0.1, -0.05) is 43.7 Å². The van der Waals surface area contributed by atoms with Crippen molar-refractivity contribution in [2.24, 2.45) is 0 Å². The van der Waals surface area contributed by atoms with E-state index in [1.165, 1.54) is 12.0 Å². The fourth-order valence-electron chi connectivity index (χ4n) is 2.70. The first-order valence-corrected chi connectivity index (χ1v) is 5.87. The van der Waals surface area contributed by atoms with Crippen molar-refractivity contribution in [1.29, 1.82) is 5.26 Å². The number of ether oxygens (including phenoxy) is 1. The van der Waals surface area contributed by atoms with Crippen molar-refractivity contribution in [2.45, 2.75) is 44.1 Å². The van der Waals surface area contributed by atoms with Gasteiger partial charge in [-0.15, -0.1) is 0 Å². The van der Waals surface area contributed by atoms with Crippen LogP contribution in [0.2, 0.25) is 0 Å². The Morgan fingerprint density at radius 1 is 1.31 bits per heavy atom. The standard InChI is InChI=1S/C14H17NO/c1-14(12-7-3-2-4-8-12)10-6-5-9-13(14)16-11-15/h2-4,7-8,13H,5-6,9-10H2,1H3. The van der Waals surface area contributed by atoms with Crippen LogP contribution in [0.15, 0.2) is 30.3 Å². The molecule has 1 aromatic carbocycles. The van der Waals surface area contributed by atoms with Gasteiger partial charge in [0.2, 0.25) is 0 Å². The lowest BCUT2D eigenvalue weighted by Crippen LogP contribution is -2.40. The molecule has 1 aliphatic carbocycles. The highest BCUT2D eigenvalue weighted by Gasteiger charge is 2.39. The fraction of sp³-hybridized carbons (Fsp3) is 0.500. The molecule has 2 rings (SSSR count). The van der Waals surface area contributed by atoms with Gasteiger partial charge in [-0.25, -0.2) is 0 Å². The molecule has 0 amide bonds. The predicted octanol–water partition coefficient (Wildman–Crippen LogP) is 3.38. The summed E-state index contributed by atoms with van der Waals surface area (Å²) in [5, 5.41) is 8.73. The summed E-state index contributed by atoms with van der Waals surface area (Å²) < 4.78 is 5.26. The number of hydrogen-bond donors (Lipinski definition) is 0. The molecule has 0 aliphatic heterocycles. The van der Waals surface area contributed by atoms with E-state index >= 15 is 0 Å². The smallest absolute Gasteiger partial charge is 0.286 e. The largest absolute Gasteiger partial charge is 0.423 e. The maximum atomic E-state index is 8.73. The Balaban J connectivity index is 2.30. The second-order valence-corrected chi connectivity index (χ2v) is 4.73. The topological polar surface area (TPSA) is 33.0 Å². The Morgan fingerprint density at radius 2 is 2.06 bits per heavy atom. The summed E-state index contributed by atoms with van der Waals surface area (Å²) in [7, 11) is 0. The molecule has 2 heteroatoms. The lowest BCUT2D eigenvalue weighted by molar-refractivity contribution is 0.0470. The number of hydrogen-bond acceptors (Lipinski definition) is 2. The van der Waals surface area contributed by atoms with E-state index in [-0.39, 0.29) is 11.5 Å². The van der Waals surface area contributed by atoms with Crippen molar-refractivity contribution in [1.82, 2.24) is 0 Å². The molecule has 2 nitrogen and oxygen atoms in total. The van der Waals surface area contributed by atoms with Gasteiger partial charge in [-0.05, 0) is 24.8 Å². The molecule has 84 valence electrons. The molecule has 16 heavy (non-hydrogen) atoms. The molecule has 1 fully saturated rings. The van der Waals surface area contributed by atoms with E-state index < -0.39 is 0 Å². The molecule has 0 N–H and O–H groups in total. The summed E-state index contributed by atoms with van der Waals surface area (Å²) >= 11 is 0. The maximum absolute atomic E-state index is 8.73. The number of nitrogens with zero attached hydrogens (tertiary/aromatic N) is 1. The van der Waals surface area contributed by atoms with E-state index in [2.05, 4.69) is 31.2 Å². The monoisotopic (exact) mass is 215 g/mol. The molecule has 1 aliphatic rings. The van der Waals surface area contributed by atoms with Crippen LogP contribution in [-0.2, 0) is 10.2 Å². The first-order valence-electron chi connectivity index (χ1n) is 5.87. The average molecular weight is 215 g/mol. The van der Waals surface area contributed by atoms with Crippen LogP contribution in [0.4, 0.5) is 0 Å². The minimum atomic E-state index is -0.00472. The molecule has 1 saturated carbocycles. The van der Waals surface area contributed by atoms with Gasteiger partial charge in [0.05, 0.1) is 0 Å². The summed E-state index contributed by atoms with van der Waals surface area (Å²) in [6.45, 7) is 2.21. The van der Waals surface area contributed by atoms with Gasteiger partial charge in [-0.3, -0.25) is 0 Å². The van der Waals surface area contributed by atoms with Crippen molar-refractivity contribution in [3.05, 3.63) is 35.9 Å². The van der Waals surface area contributed by atoms with E-state index in [1.807, 2.05) is 12.3 Å². The van der Waals surface area contributed by atoms with Crippen molar-refractivity contribution in [2.75, 3.05) is 0 Å². The third-order valence-corrected chi connectivity index (χ3v) is 3.75. The zero-order valence-corrected chi connectivity index (χ0v) is 9.65. The lowest BCUT2D eigenvalue weighted by atomic mass is 9.69. The van der Waals surface area contributed by atoms with Gasteiger partial charge in [-0.2, -0.15) is 5.26 Å². The molecular weight excluding hydrogens is 198 g/mol. The highest BCUT2D eigenvalue weighted by Crippen LogP contribution is 2.40. The van der Waals surface area contributed by atoms with Crippen molar-refractivity contribution < 1.29 is 4.74 Å². The highest BCUT2D eigenvalue weighted by molar-refractivity contribution is 5.27. The van der Waals surface area contributed by atoms with Crippen LogP contribution in [0.1, 0.15) is 38.2 Å². The lowest BCUT2D eigenvalue weighted by Gasteiger charge is -2.39. The summed E-state index contributed by atoms with van der Waals surface area (Å²) in [6.07, 6.45) is 6.36. The van der Waals surface area contributed by atoms with Gasteiger partial charge in [0.1, 0.15) is 6.10 Å². The SMILES string of the molecule is CC1(c2ccccc2)CCCCC1OC#N. The Bertz CT molecular complexity index is 381. The molecule has 0 spiro atoms. The Kier molecular flexibility index (Phi) is 3.14. The van der Waals surface area contributed by atoms with Crippen LogP contribution in [0, 0.1) is 11.5 Å². The van der Waals surface area contributed by atoms with Crippen LogP contribution in [0.25, 0.3) is 0 Å². The Labute approximate surface area is 96.9 Å². The van der Waals surface area contributed by atoms with E-state index in [0.29, 0.717) is 0 Å². The van der Waals surface area contributed by atoms with Crippen molar-refractivity contribution in [3.8, 4) is 6.26 Å². The van der Waals surface area contributed by atoms with Crippen LogP contribution >= 0.6 is 0 Å². The van der Waals surface area contributed by atoms with E-state index in [0.717, 1.165) is 19.3 Å². The number of benzene rings is 1. The molecule has 0 bridgehead atoms. The fourth-order valence-corrected chi connectivity index (χ4v) is 2.70. The van der Waals surface area contributed by atoms with E-state index in [4.69, 9.17) is 10.00 Å².